The molecule has 1 N–H and O–H groups in total. The van der Waals surface area contributed by atoms with Crippen LogP contribution < -0.4 is 0 Å². The Morgan fingerprint density at radius 3 is 2.76 bits per heavy atom. The molecule has 0 aromatic heterocycles. The van der Waals surface area contributed by atoms with Crippen LogP contribution in [0.3, 0.4) is 0 Å². The van der Waals surface area contributed by atoms with Gasteiger partial charge in [0.2, 0.25) is 0 Å². The van der Waals surface area contributed by atoms with Gasteiger partial charge in [0.1, 0.15) is 5.75 Å². The van der Waals surface area contributed by atoms with Gasteiger partial charge in [0.25, 0.3) is 5.91 Å². The van der Waals surface area contributed by atoms with Gasteiger partial charge in [0, 0.05) is 5.02 Å². The van der Waals surface area contributed by atoms with Crippen molar-refractivity contribution in [2.75, 3.05) is 6.61 Å². The molecule has 1 heterocycles. The van der Waals surface area contributed by atoms with E-state index in [0.29, 0.717) is 18.2 Å². The molecule has 5 heteroatoms. The highest BCUT2D eigenvalue weighted by atomic mass is 35.5. The number of nitrogens with zero attached hydrogens (tertiary/aromatic N) is 1. The van der Waals surface area contributed by atoms with Crippen LogP contribution in [0, 0.1) is 5.41 Å². The van der Waals surface area contributed by atoms with Crippen molar-refractivity contribution in [1.82, 2.24) is 5.06 Å². The van der Waals surface area contributed by atoms with Gasteiger partial charge in [0.15, 0.2) is 0 Å². The van der Waals surface area contributed by atoms with Gasteiger partial charge in [0.05, 0.1) is 18.6 Å². The van der Waals surface area contributed by atoms with Gasteiger partial charge in [-0.25, -0.2) is 5.06 Å². The summed E-state index contributed by atoms with van der Waals surface area (Å²) < 4.78 is 0. The molecule has 92 valence electrons. The summed E-state index contributed by atoms with van der Waals surface area (Å²) >= 11 is 5.97. The van der Waals surface area contributed by atoms with Crippen LogP contribution in [0.4, 0.5) is 0 Å². The average Bonchev–Trinajstić information content (AvgIpc) is 2.49. The number of amides is 1. The third-order valence-corrected chi connectivity index (χ3v) is 3.09. The SMILES string of the molecule is CC1(C)CON(Cc2ccc(O)cc2Cl)C1=O. The van der Waals surface area contributed by atoms with Gasteiger partial charge in [-0.15, -0.1) is 0 Å². The van der Waals surface area contributed by atoms with Gasteiger partial charge in [-0.1, -0.05) is 17.7 Å². The van der Waals surface area contributed by atoms with E-state index in [0.717, 1.165) is 5.56 Å². The zero-order chi connectivity index (χ0) is 12.6. The number of hydrogen-bond acceptors (Lipinski definition) is 3. The maximum Gasteiger partial charge on any atom is 0.254 e. The zero-order valence-corrected chi connectivity index (χ0v) is 10.5. The normalized spacial score (nSPS) is 18.8. The van der Waals surface area contributed by atoms with Crippen LogP contribution in [0.25, 0.3) is 0 Å². The standard InChI is InChI=1S/C12H14ClNO3/c1-12(2)7-17-14(11(12)16)6-8-3-4-9(15)5-10(8)13/h3-5,15H,6-7H2,1-2H3. The molecule has 17 heavy (non-hydrogen) atoms. The van der Waals surface area contributed by atoms with Crippen LogP contribution in [0.2, 0.25) is 5.02 Å². The minimum absolute atomic E-state index is 0.0540. The topological polar surface area (TPSA) is 49.8 Å². The quantitative estimate of drug-likeness (QED) is 0.883. The van der Waals surface area contributed by atoms with Gasteiger partial charge < -0.3 is 5.11 Å². The predicted molar refractivity (Wildman–Crippen MR) is 63.4 cm³/mol. The first-order valence-corrected chi connectivity index (χ1v) is 5.70. The minimum atomic E-state index is -0.483. The fourth-order valence-electron chi connectivity index (χ4n) is 1.63. The maximum atomic E-state index is 11.9. The van der Waals surface area contributed by atoms with E-state index in [1.165, 1.54) is 17.2 Å². The summed E-state index contributed by atoms with van der Waals surface area (Å²) in [5.41, 5.74) is 0.263. The first-order valence-electron chi connectivity index (χ1n) is 5.32. The van der Waals surface area contributed by atoms with Crippen molar-refractivity contribution < 1.29 is 14.7 Å². The van der Waals surface area contributed by atoms with Crippen molar-refractivity contribution >= 4 is 17.5 Å². The van der Waals surface area contributed by atoms with Gasteiger partial charge in [-0.3, -0.25) is 9.63 Å². The van der Waals surface area contributed by atoms with E-state index in [1.54, 1.807) is 6.07 Å². The van der Waals surface area contributed by atoms with E-state index < -0.39 is 5.41 Å². The summed E-state index contributed by atoms with van der Waals surface area (Å²) in [7, 11) is 0. The molecule has 0 bridgehead atoms. The molecule has 1 amide bonds. The van der Waals surface area contributed by atoms with E-state index in [-0.39, 0.29) is 11.7 Å². The largest absolute Gasteiger partial charge is 0.508 e. The Kier molecular flexibility index (Phi) is 3.02. The van der Waals surface area contributed by atoms with Crippen LogP contribution >= 0.6 is 11.6 Å². The molecular formula is C12H14ClNO3. The van der Waals surface area contributed by atoms with E-state index in [2.05, 4.69) is 0 Å². The second-order valence-corrected chi connectivity index (χ2v) is 5.18. The van der Waals surface area contributed by atoms with Crippen molar-refractivity contribution in [1.29, 1.82) is 0 Å². The lowest BCUT2D eigenvalue weighted by Gasteiger charge is -2.17. The fraction of sp³-hybridized carbons (Fsp3) is 0.417. The molecule has 1 aliphatic rings. The third kappa shape index (κ3) is 2.37. The number of halogens is 1. The minimum Gasteiger partial charge on any atom is -0.508 e. The fourth-order valence-corrected chi connectivity index (χ4v) is 1.87. The van der Waals surface area contributed by atoms with Crippen molar-refractivity contribution in [3.05, 3.63) is 28.8 Å². The second kappa shape index (κ2) is 4.20. The highest BCUT2D eigenvalue weighted by molar-refractivity contribution is 6.31. The Bertz CT molecular complexity index is 459. The average molecular weight is 256 g/mol. The smallest absolute Gasteiger partial charge is 0.254 e. The Hall–Kier alpha value is -1.26. The number of rotatable bonds is 2. The molecule has 2 rings (SSSR count). The molecule has 0 radical (unpaired) electrons. The Morgan fingerprint density at radius 2 is 2.24 bits per heavy atom. The lowest BCUT2D eigenvalue weighted by molar-refractivity contribution is -0.165. The molecule has 1 saturated heterocycles. The van der Waals surface area contributed by atoms with Crippen molar-refractivity contribution in [2.24, 2.45) is 5.41 Å². The summed E-state index contributed by atoms with van der Waals surface area (Å²) in [6, 6.07) is 4.66. The zero-order valence-electron chi connectivity index (χ0n) is 9.74. The summed E-state index contributed by atoms with van der Waals surface area (Å²) in [5.74, 6) is 0.0504. The summed E-state index contributed by atoms with van der Waals surface area (Å²) in [4.78, 5) is 17.3. The summed E-state index contributed by atoms with van der Waals surface area (Å²) in [5, 5.41) is 11.0. The van der Waals surface area contributed by atoms with Crippen molar-refractivity contribution in [3.8, 4) is 5.75 Å². The maximum absolute atomic E-state index is 11.9. The lowest BCUT2D eigenvalue weighted by atomic mass is 9.95. The molecular weight excluding hydrogens is 242 g/mol. The van der Waals surface area contributed by atoms with E-state index in [4.69, 9.17) is 16.4 Å². The molecule has 1 aliphatic heterocycles. The first-order chi connectivity index (χ1) is 7.90. The number of hydroxylamine groups is 2. The molecule has 1 fully saturated rings. The lowest BCUT2D eigenvalue weighted by Crippen LogP contribution is -2.30. The molecule has 0 saturated carbocycles. The Morgan fingerprint density at radius 1 is 1.53 bits per heavy atom. The number of hydrogen-bond donors (Lipinski definition) is 1. The van der Waals surface area contributed by atoms with Crippen LogP contribution in [0.5, 0.6) is 5.75 Å². The number of aromatic hydroxyl groups is 1. The molecule has 0 unspecified atom stereocenters. The van der Waals surface area contributed by atoms with E-state index >= 15 is 0 Å². The molecule has 0 atom stereocenters. The van der Waals surface area contributed by atoms with E-state index in [9.17, 15) is 9.90 Å². The summed E-state index contributed by atoms with van der Waals surface area (Å²) in [6.07, 6.45) is 0. The van der Waals surface area contributed by atoms with Crippen LogP contribution in [-0.2, 0) is 16.2 Å². The summed E-state index contributed by atoms with van der Waals surface area (Å²) in [6.45, 7) is 4.35. The Labute approximate surface area is 105 Å². The third-order valence-electron chi connectivity index (χ3n) is 2.74. The van der Waals surface area contributed by atoms with E-state index in [1.807, 2.05) is 13.8 Å². The van der Waals surface area contributed by atoms with Crippen LogP contribution in [0.15, 0.2) is 18.2 Å². The Balaban J connectivity index is 2.15. The number of carbonyl (C=O) groups excluding carboxylic acids is 1. The van der Waals surface area contributed by atoms with Crippen molar-refractivity contribution in [3.63, 3.8) is 0 Å². The number of phenols is 1. The van der Waals surface area contributed by atoms with Gasteiger partial charge in [-0.2, -0.15) is 0 Å². The first kappa shape index (κ1) is 12.2. The highest BCUT2D eigenvalue weighted by Gasteiger charge is 2.40. The molecule has 0 aliphatic carbocycles. The number of carbonyl (C=O) groups is 1. The van der Waals surface area contributed by atoms with Gasteiger partial charge >= 0.3 is 0 Å². The van der Waals surface area contributed by atoms with Crippen molar-refractivity contribution in [2.45, 2.75) is 20.4 Å². The van der Waals surface area contributed by atoms with Crippen LogP contribution in [-0.4, -0.2) is 22.7 Å². The molecule has 1 aromatic rings. The molecule has 1 aromatic carbocycles. The molecule has 4 nitrogen and oxygen atoms in total. The van der Waals surface area contributed by atoms with Crippen LogP contribution in [0.1, 0.15) is 19.4 Å². The number of benzene rings is 1. The highest BCUT2D eigenvalue weighted by Crippen LogP contribution is 2.30. The monoisotopic (exact) mass is 255 g/mol. The number of phenolic OH excluding ortho intramolecular Hbond substituents is 1. The molecule has 0 spiro atoms. The van der Waals surface area contributed by atoms with Gasteiger partial charge in [-0.05, 0) is 31.5 Å². The predicted octanol–water partition coefficient (Wildman–Crippen LogP) is 2.35. The second-order valence-electron chi connectivity index (χ2n) is 4.77.